The number of carbonyl (C=O) groups excluding carboxylic acids is 2. The molecule has 0 bridgehead atoms. The van der Waals surface area contributed by atoms with Crippen molar-refractivity contribution < 1.29 is 28.3 Å². The van der Waals surface area contributed by atoms with Gasteiger partial charge in [0.25, 0.3) is 0 Å². The van der Waals surface area contributed by atoms with Crippen LogP contribution in [0, 0.1) is 27.0 Å². The van der Waals surface area contributed by atoms with Gasteiger partial charge in [-0.05, 0) is 86.8 Å². The highest BCUT2D eigenvalue weighted by molar-refractivity contribution is 6.63. The van der Waals surface area contributed by atoms with Gasteiger partial charge in [-0.1, -0.05) is 85.6 Å². The van der Waals surface area contributed by atoms with Crippen molar-refractivity contribution in [3.05, 3.63) is 141 Å². The maximum absolute atomic E-state index is 11.9. The molecule has 6 rings (SSSR count). The molecule has 2 heterocycles. The molecule has 0 saturated carbocycles. The van der Waals surface area contributed by atoms with Crippen molar-refractivity contribution in [3.63, 3.8) is 0 Å². The maximum Gasteiger partial charge on any atom is 0.305 e. The van der Waals surface area contributed by atoms with E-state index < -0.39 is 24.3 Å². The van der Waals surface area contributed by atoms with Crippen molar-refractivity contribution in [1.29, 1.82) is 0 Å². The average molecular weight is 886 g/mol. The van der Waals surface area contributed by atoms with Crippen LogP contribution in [-0.2, 0) is 14.3 Å². The highest BCUT2D eigenvalue weighted by Gasteiger charge is 2.29. The second-order valence-corrected chi connectivity index (χ2v) is 14.4. The molecular weight excluding hydrogens is 843 g/mol. The molecule has 316 valence electrons. The standard InChI is InChI=1S/C22H21ClN4O3.C19H17ClN4O2.C3H5ClO/c1-5-18(28)29-14(3)20(25-16-11-12-17(24-4)19(23)13(16)2)22-27-26-21(30-22)15-9-7-6-8-10-15;1-11-14(9-10-15(21-3)16(11)20)22-17(12(2)25)19-24-23-18(26-19)13-7-5-4-6-8-13;1-2-3(4)5/h6-12,14,20,25H,5H2,1-3H3;4-10,12,17,22,25H,1-2H3;2H2,1H3/t14-,20+;12-,17+;/m00./s1. The van der Waals surface area contributed by atoms with Crippen molar-refractivity contribution in [2.24, 2.45) is 0 Å². The van der Waals surface area contributed by atoms with Crippen molar-refractivity contribution >= 4 is 68.8 Å². The number of aromatic nitrogens is 4. The van der Waals surface area contributed by atoms with Gasteiger partial charge in [0.1, 0.15) is 18.2 Å². The lowest BCUT2D eigenvalue weighted by Crippen LogP contribution is -2.28. The number of carbonyl (C=O) groups is 2. The third-order valence-electron chi connectivity index (χ3n) is 8.89. The number of hydrogen-bond acceptors (Lipinski definition) is 12. The quantitative estimate of drug-likeness (QED) is 0.0570. The minimum Gasteiger partial charge on any atom is -0.460 e. The van der Waals surface area contributed by atoms with Gasteiger partial charge in [-0.15, -0.1) is 20.4 Å². The van der Waals surface area contributed by atoms with Crippen LogP contribution in [0.1, 0.15) is 75.5 Å². The van der Waals surface area contributed by atoms with Gasteiger partial charge in [0.2, 0.25) is 40.2 Å². The number of halogens is 3. The zero-order chi connectivity index (χ0) is 44.6. The number of aliphatic hydroxyl groups is 1. The van der Waals surface area contributed by atoms with Gasteiger partial charge in [-0.2, -0.15) is 0 Å². The molecule has 2 aromatic heterocycles. The fourth-order valence-electron chi connectivity index (χ4n) is 5.40. The molecule has 0 saturated heterocycles. The Bertz CT molecular complexity index is 2480. The molecule has 0 aliphatic carbocycles. The Balaban J connectivity index is 0.000000244. The molecule has 0 aliphatic rings. The van der Waals surface area contributed by atoms with Crippen molar-refractivity contribution in [2.75, 3.05) is 10.6 Å². The Morgan fingerprint density at radius 2 is 1.11 bits per heavy atom. The van der Waals surface area contributed by atoms with Gasteiger partial charge in [0.15, 0.2) is 0 Å². The number of hydrogen-bond donors (Lipinski definition) is 3. The second kappa shape index (κ2) is 22.9. The first-order valence-corrected chi connectivity index (χ1v) is 20.1. The van der Waals surface area contributed by atoms with Gasteiger partial charge in [0, 0.05) is 35.3 Å². The number of benzene rings is 4. The molecule has 0 aliphatic heterocycles. The number of nitrogens with one attached hydrogen (secondary N) is 2. The first-order chi connectivity index (χ1) is 29.2. The molecule has 14 nitrogen and oxygen atoms in total. The summed E-state index contributed by atoms with van der Waals surface area (Å²) >= 11 is 17.4. The molecule has 0 fully saturated rings. The smallest absolute Gasteiger partial charge is 0.305 e. The van der Waals surface area contributed by atoms with E-state index in [1.165, 1.54) is 0 Å². The molecule has 61 heavy (non-hydrogen) atoms. The second-order valence-electron chi connectivity index (χ2n) is 13.2. The molecule has 4 aromatic carbocycles. The van der Waals surface area contributed by atoms with Gasteiger partial charge >= 0.3 is 5.97 Å². The monoisotopic (exact) mass is 884 g/mol. The van der Waals surface area contributed by atoms with Crippen LogP contribution in [-0.4, -0.2) is 48.9 Å². The zero-order valence-electron chi connectivity index (χ0n) is 34.1. The normalized spacial score (nSPS) is 12.4. The van der Waals surface area contributed by atoms with Crippen LogP contribution in [0.25, 0.3) is 32.6 Å². The maximum atomic E-state index is 11.9. The first-order valence-electron chi connectivity index (χ1n) is 18.9. The van der Waals surface area contributed by atoms with Crippen molar-refractivity contribution in [1.82, 2.24) is 20.4 Å². The number of ether oxygens (including phenoxy) is 1. The summed E-state index contributed by atoms with van der Waals surface area (Å²) in [4.78, 5) is 28.2. The van der Waals surface area contributed by atoms with Crippen molar-refractivity contribution in [2.45, 2.75) is 78.7 Å². The Morgan fingerprint density at radius 1 is 0.705 bits per heavy atom. The van der Waals surface area contributed by atoms with Crippen LogP contribution in [0.2, 0.25) is 10.0 Å². The van der Waals surface area contributed by atoms with E-state index in [1.54, 1.807) is 52.0 Å². The number of nitrogens with zero attached hydrogens (tertiary/aromatic N) is 6. The number of aliphatic hydroxyl groups excluding tert-OH is 1. The number of rotatable bonds is 13. The van der Waals surface area contributed by atoms with Gasteiger partial charge in [0.05, 0.1) is 29.3 Å². The molecule has 0 amide bonds. The molecule has 17 heteroatoms. The molecule has 4 atom stereocenters. The summed E-state index contributed by atoms with van der Waals surface area (Å²) in [6.45, 7) is 24.8. The van der Waals surface area contributed by atoms with E-state index in [0.29, 0.717) is 62.1 Å². The summed E-state index contributed by atoms with van der Waals surface area (Å²) in [7, 11) is 0. The van der Waals surface area contributed by atoms with E-state index in [4.69, 9.17) is 61.5 Å². The minimum atomic E-state index is -0.794. The summed E-state index contributed by atoms with van der Waals surface area (Å²) in [5, 5.41) is 33.6. The van der Waals surface area contributed by atoms with E-state index in [9.17, 15) is 14.7 Å². The van der Waals surface area contributed by atoms with Crippen LogP contribution >= 0.6 is 34.8 Å². The lowest BCUT2D eigenvalue weighted by Gasteiger charge is -2.24. The SMILES string of the molecule is CCC(=O)Cl.[C-]#[N+]c1ccc(N[C@@H](c2nnc(-c3ccccc3)o2)[C@H](C)O)c(C)c1Cl.[C-]#[N+]c1ccc(N[C@@H](c2nnc(-c3ccccc3)o2)[C@H](C)OC(=O)CC)c(C)c1Cl. The lowest BCUT2D eigenvalue weighted by molar-refractivity contribution is -0.148. The zero-order valence-corrected chi connectivity index (χ0v) is 36.4. The van der Waals surface area contributed by atoms with E-state index in [2.05, 4.69) is 40.7 Å². The van der Waals surface area contributed by atoms with Gasteiger partial charge < -0.3 is 29.3 Å². The summed E-state index contributed by atoms with van der Waals surface area (Å²) in [5.41, 5.74) is 5.12. The van der Waals surface area contributed by atoms with Gasteiger partial charge in [-0.3, -0.25) is 9.59 Å². The third-order valence-corrected chi connectivity index (χ3v) is 10.1. The Kier molecular flexibility index (Phi) is 17.8. The Labute approximate surface area is 368 Å². The largest absolute Gasteiger partial charge is 0.460 e. The molecule has 6 aromatic rings. The summed E-state index contributed by atoms with van der Waals surface area (Å²) < 4.78 is 17.2. The first kappa shape index (κ1) is 47.4. The van der Waals surface area contributed by atoms with E-state index in [0.717, 1.165) is 11.1 Å². The van der Waals surface area contributed by atoms with Crippen LogP contribution in [0.4, 0.5) is 22.7 Å². The molecule has 0 radical (unpaired) electrons. The number of anilines is 2. The topological polar surface area (TPSA) is 174 Å². The van der Waals surface area contributed by atoms with Crippen molar-refractivity contribution in [3.8, 4) is 22.9 Å². The summed E-state index contributed by atoms with van der Waals surface area (Å²) in [6, 6.07) is 24.3. The van der Waals surface area contributed by atoms with E-state index in [1.807, 2.05) is 74.5 Å². The molecule has 0 unspecified atom stereocenters. The van der Waals surface area contributed by atoms with Crippen LogP contribution in [0.15, 0.2) is 93.8 Å². The molecule has 0 spiro atoms. The fraction of sp³-hybridized carbons (Fsp3) is 0.273. The van der Waals surface area contributed by atoms with Crippen LogP contribution < -0.4 is 10.6 Å². The van der Waals surface area contributed by atoms with E-state index in [-0.39, 0.29) is 29.4 Å². The molecular formula is C44H43Cl3N8O6. The Hall–Kier alpha value is -6.29. The lowest BCUT2D eigenvalue weighted by atomic mass is 10.1. The fourth-order valence-corrected chi connectivity index (χ4v) is 5.82. The Morgan fingerprint density at radius 3 is 1.49 bits per heavy atom. The highest BCUT2D eigenvalue weighted by Crippen LogP contribution is 2.37. The predicted octanol–water partition coefficient (Wildman–Crippen LogP) is 11.7. The summed E-state index contributed by atoms with van der Waals surface area (Å²) in [6.07, 6.45) is -0.708. The summed E-state index contributed by atoms with van der Waals surface area (Å²) in [5.74, 6) is 0.949. The minimum absolute atomic E-state index is 0.251. The number of esters is 1. The third kappa shape index (κ3) is 12.9. The van der Waals surface area contributed by atoms with E-state index >= 15 is 0 Å². The molecule has 3 N–H and O–H groups in total. The van der Waals surface area contributed by atoms with Gasteiger partial charge in [-0.25, -0.2) is 9.69 Å². The predicted molar refractivity (Wildman–Crippen MR) is 236 cm³/mol. The van der Waals surface area contributed by atoms with Crippen LogP contribution in [0.3, 0.4) is 0 Å². The highest BCUT2D eigenvalue weighted by atomic mass is 35.5. The van der Waals surface area contributed by atoms with Crippen LogP contribution in [0.5, 0.6) is 0 Å². The average Bonchev–Trinajstić information content (AvgIpc) is 3.97.